The molecule has 4 nitrogen and oxygen atoms in total. The fourth-order valence-electron chi connectivity index (χ4n) is 2.68. The Morgan fingerprint density at radius 2 is 1.96 bits per heavy atom. The van der Waals surface area contributed by atoms with Crippen LogP contribution in [-0.4, -0.2) is 27.1 Å². The molecule has 1 aromatic carbocycles. The molecule has 124 valence electrons. The predicted octanol–water partition coefficient (Wildman–Crippen LogP) is 4.76. The smallest absolute Gasteiger partial charge is 0.206 e. The van der Waals surface area contributed by atoms with E-state index in [2.05, 4.69) is 15.5 Å². The fraction of sp³-hybridized carbons (Fsp3) is 0.500. The number of anilines is 1. The zero-order chi connectivity index (χ0) is 16.1. The number of nitrogens with zero attached hydrogens (tertiary/aromatic N) is 2. The van der Waals surface area contributed by atoms with Gasteiger partial charge in [-0.2, -0.15) is 0 Å². The monoisotopic (exact) mass is 369 g/mol. The highest BCUT2D eigenvalue weighted by molar-refractivity contribution is 8.01. The summed E-state index contributed by atoms with van der Waals surface area (Å²) in [7, 11) is 0. The van der Waals surface area contributed by atoms with Crippen molar-refractivity contribution in [1.29, 1.82) is 0 Å². The SMILES string of the molecule is OC(CSc1nnc(NC2CCCCC2)s1)c1ccc(Cl)cc1. The van der Waals surface area contributed by atoms with Gasteiger partial charge in [0.2, 0.25) is 5.13 Å². The third-order valence-corrected chi connectivity index (χ3v) is 6.27. The second kappa shape index (κ2) is 8.33. The van der Waals surface area contributed by atoms with Crippen molar-refractivity contribution in [3.8, 4) is 0 Å². The summed E-state index contributed by atoms with van der Waals surface area (Å²) in [6, 6.07) is 7.83. The Bertz CT molecular complexity index is 614. The lowest BCUT2D eigenvalue weighted by Crippen LogP contribution is -2.21. The van der Waals surface area contributed by atoms with Gasteiger partial charge in [0, 0.05) is 16.8 Å². The maximum atomic E-state index is 10.2. The Hall–Kier alpha value is -0.820. The molecule has 7 heteroatoms. The summed E-state index contributed by atoms with van der Waals surface area (Å²) in [5.74, 6) is 0.555. The molecule has 3 rings (SSSR count). The zero-order valence-corrected chi connectivity index (χ0v) is 15.1. The number of rotatable bonds is 6. The lowest BCUT2D eigenvalue weighted by atomic mass is 9.96. The van der Waals surface area contributed by atoms with Crippen LogP contribution in [-0.2, 0) is 0 Å². The van der Waals surface area contributed by atoms with Gasteiger partial charge in [-0.15, -0.1) is 10.2 Å². The summed E-state index contributed by atoms with van der Waals surface area (Å²) in [6.45, 7) is 0. The first-order valence-electron chi connectivity index (χ1n) is 7.87. The quantitative estimate of drug-likeness (QED) is 0.719. The Morgan fingerprint density at radius 3 is 2.70 bits per heavy atom. The second-order valence-corrected chi connectivity index (χ2v) is 8.41. The molecule has 0 spiro atoms. The van der Waals surface area contributed by atoms with Crippen LogP contribution in [0.25, 0.3) is 0 Å². The number of hydrogen-bond donors (Lipinski definition) is 2. The number of halogens is 1. The highest BCUT2D eigenvalue weighted by atomic mass is 35.5. The molecule has 1 aromatic heterocycles. The van der Waals surface area contributed by atoms with Crippen LogP contribution >= 0.6 is 34.7 Å². The Morgan fingerprint density at radius 1 is 1.22 bits per heavy atom. The lowest BCUT2D eigenvalue weighted by molar-refractivity contribution is 0.204. The molecule has 0 radical (unpaired) electrons. The zero-order valence-electron chi connectivity index (χ0n) is 12.7. The normalized spacial score (nSPS) is 17.1. The van der Waals surface area contributed by atoms with E-state index in [-0.39, 0.29) is 0 Å². The molecule has 23 heavy (non-hydrogen) atoms. The van der Waals surface area contributed by atoms with Gasteiger partial charge in [0.25, 0.3) is 0 Å². The summed E-state index contributed by atoms with van der Waals surface area (Å²) in [6.07, 6.45) is 5.85. The molecule has 2 N–H and O–H groups in total. The standard InChI is InChI=1S/C16H20ClN3OS2/c17-12-8-6-11(7-9-12)14(21)10-22-16-20-19-15(23-16)18-13-4-2-1-3-5-13/h6-9,13-14,21H,1-5,10H2,(H,18,19). The minimum atomic E-state index is -0.532. The van der Waals surface area contributed by atoms with Crippen LogP contribution in [0.4, 0.5) is 5.13 Å². The van der Waals surface area contributed by atoms with Crippen LogP contribution in [0.1, 0.15) is 43.8 Å². The van der Waals surface area contributed by atoms with Crippen molar-refractivity contribution < 1.29 is 5.11 Å². The Kier molecular flexibility index (Phi) is 6.16. The highest BCUT2D eigenvalue weighted by Gasteiger charge is 2.16. The summed E-state index contributed by atoms with van der Waals surface area (Å²) < 4.78 is 0.885. The molecule has 0 saturated heterocycles. The van der Waals surface area contributed by atoms with Crippen LogP contribution in [0.5, 0.6) is 0 Å². The molecule has 1 atom stereocenters. The molecule has 0 aliphatic heterocycles. The lowest BCUT2D eigenvalue weighted by Gasteiger charge is -2.21. The summed E-state index contributed by atoms with van der Waals surface area (Å²) in [4.78, 5) is 0. The molecule has 1 saturated carbocycles. The maximum Gasteiger partial charge on any atom is 0.206 e. The van der Waals surface area contributed by atoms with E-state index >= 15 is 0 Å². The molecule has 1 aliphatic carbocycles. The molecular formula is C16H20ClN3OS2. The van der Waals surface area contributed by atoms with Crippen molar-refractivity contribution in [2.45, 2.75) is 48.6 Å². The van der Waals surface area contributed by atoms with Gasteiger partial charge in [0.15, 0.2) is 4.34 Å². The van der Waals surface area contributed by atoms with E-state index in [1.807, 2.05) is 12.1 Å². The first kappa shape index (κ1) is 17.0. The highest BCUT2D eigenvalue weighted by Crippen LogP contribution is 2.31. The Balaban J connectivity index is 1.49. The summed E-state index contributed by atoms with van der Waals surface area (Å²) in [5, 5.41) is 23.7. The van der Waals surface area contributed by atoms with E-state index in [9.17, 15) is 5.11 Å². The molecule has 0 amide bonds. The molecule has 1 heterocycles. The van der Waals surface area contributed by atoms with Crippen molar-refractivity contribution in [2.24, 2.45) is 0 Å². The van der Waals surface area contributed by atoms with E-state index in [0.29, 0.717) is 16.8 Å². The summed E-state index contributed by atoms with van der Waals surface area (Å²) >= 11 is 8.96. The van der Waals surface area contributed by atoms with Gasteiger partial charge >= 0.3 is 0 Å². The van der Waals surface area contributed by atoms with Gasteiger partial charge < -0.3 is 10.4 Å². The van der Waals surface area contributed by atoms with Gasteiger partial charge in [0.1, 0.15) is 0 Å². The van der Waals surface area contributed by atoms with E-state index in [4.69, 9.17) is 11.6 Å². The van der Waals surface area contributed by atoms with Gasteiger partial charge in [-0.05, 0) is 30.5 Å². The van der Waals surface area contributed by atoms with Crippen molar-refractivity contribution in [1.82, 2.24) is 10.2 Å². The molecule has 1 aliphatic rings. The number of aliphatic hydroxyl groups excluding tert-OH is 1. The fourth-order valence-corrected chi connectivity index (χ4v) is 4.63. The van der Waals surface area contributed by atoms with Gasteiger partial charge in [-0.1, -0.05) is 66.1 Å². The third-order valence-electron chi connectivity index (χ3n) is 3.96. The number of aliphatic hydroxyl groups is 1. The van der Waals surface area contributed by atoms with E-state index in [1.165, 1.54) is 43.9 Å². The molecule has 1 unspecified atom stereocenters. The van der Waals surface area contributed by atoms with Crippen molar-refractivity contribution >= 4 is 39.8 Å². The van der Waals surface area contributed by atoms with E-state index in [0.717, 1.165) is 15.0 Å². The number of aromatic nitrogens is 2. The number of thioether (sulfide) groups is 1. The summed E-state index contributed by atoms with van der Waals surface area (Å²) in [5.41, 5.74) is 0.868. The van der Waals surface area contributed by atoms with Gasteiger partial charge in [0.05, 0.1) is 6.10 Å². The first-order chi connectivity index (χ1) is 11.2. The van der Waals surface area contributed by atoms with Crippen LogP contribution in [0.3, 0.4) is 0 Å². The second-order valence-electron chi connectivity index (χ2n) is 5.73. The average molecular weight is 370 g/mol. The van der Waals surface area contributed by atoms with Crippen LogP contribution in [0.15, 0.2) is 28.6 Å². The predicted molar refractivity (Wildman–Crippen MR) is 97.5 cm³/mol. The molecular weight excluding hydrogens is 350 g/mol. The average Bonchev–Trinajstić information content (AvgIpc) is 3.02. The minimum Gasteiger partial charge on any atom is -0.388 e. The molecule has 2 aromatic rings. The van der Waals surface area contributed by atoms with E-state index in [1.54, 1.807) is 23.5 Å². The van der Waals surface area contributed by atoms with Crippen LogP contribution < -0.4 is 5.32 Å². The van der Waals surface area contributed by atoms with Crippen molar-refractivity contribution in [3.05, 3.63) is 34.9 Å². The molecule has 1 fully saturated rings. The van der Waals surface area contributed by atoms with Crippen LogP contribution in [0.2, 0.25) is 5.02 Å². The third kappa shape index (κ3) is 5.08. The minimum absolute atomic E-state index is 0.532. The number of nitrogens with one attached hydrogen (secondary N) is 1. The molecule has 0 bridgehead atoms. The van der Waals surface area contributed by atoms with E-state index < -0.39 is 6.10 Å². The Labute approximate surface area is 149 Å². The largest absolute Gasteiger partial charge is 0.388 e. The maximum absolute atomic E-state index is 10.2. The van der Waals surface area contributed by atoms with Crippen molar-refractivity contribution in [2.75, 3.05) is 11.1 Å². The van der Waals surface area contributed by atoms with Crippen LogP contribution in [0, 0.1) is 0 Å². The van der Waals surface area contributed by atoms with Gasteiger partial charge in [-0.25, -0.2) is 0 Å². The first-order valence-corrected chi connectivity index (χ1v) is 10.0. The van der Waals surface area contributed by atoms with Crippen molar-refractivity contribution in [3.63, 3.8) is 0 Å². The van der Waals surface area contributed by atoms with Gasteiger partial charge in [-0.3, -0.25) is 0 Å². The number of benzene rings is 1. The number of hydrogen-bond acceptors (Lipinski definition) is 6. The topological polar surface area (TPSA) is 58.0 Å².